The van der Waals surface area contributed by atoms with E-state index in [1.165, 1.54) is 0 Å². The fourth-order valence-corrected chi connectivity index (χ4v) is 2.62. The van der Waals surface area contributed by atoms with Crippen LogP contribution in [-0.2, 0) is 4.79 Å². The molecule has 1 amide bonds. The van der Waals surface area contributed by atoms with E-state index in [0.717, 1.165) is 5.69 Å². The molecule has 1 atom stereocenters. The lowest BCUT2D eigenvalue weighted by Gasteiger charge is -2.40. The number of halogens is 2. The maximum absolute atomic E-state index is 12.8. The zero-order valence-corrected chi connectivity index (χ0v) is 11.9. The van der Waals surface area contributed by atoms with Crippen LogP contribution in [-0.4, -0.2) is 43.2 Å². The number of aliphatic hydroxyl groups excluding tert-OH is 1. The topological polar surface area (TPSA) is 52.6 Å². The lowest BCUT2D eigenvalue weighted by molar-refractivity contribution is -0.126. The van der Waals surface area contributed by atoms with Crippen LogP contribution in [0.4, 0.5) is 14.5 Å². The molecule has 2 aliphatic heterocycles. The van der Waals surface area contributed by atoms with E-state index in [2.05, 4.69) is 17.2 Å². The van der Waals surface area contributed by atoms with Gasteiger partial charge in [0, 0.05) is 17.8 Å². The summed E-state index contributed by atoms with van der Waals surface area (Å²) in [4.78, 5) is 13.3. The van der Waals surface area contributed by atoms with Crippen molar-refractivity contribution < 1.29 is 18.7 Å². The third kappa shape index (κ3) is 2.64. The zero-order valence-electron chi connectivity index (χ0n) is 11.9. The van der Waals surface area contributed by atoms with Crippen LogP contribution < -0.4 is 10.2 Å². The normalized spacial score (nSPS) is 26.0. The van der Waals surface area contributed by atoms with E-state index in [-0.39, 0.29) is 25.6 Å². The van der Waals surface area contributed by atoms with Gasteiger partial charge in [-0.3, -0.25) is 4.79 Å². The Labute approximate surface area is 127 Å². The Morgan fingerprint density at radius 2 is 1.95 bits per heavy atom. The highest BCUT2D eigenvalue weighted by molar-refractivity contribution is 5.88. The number of carbonyl (C=O) groups excluding carboxylic acids is 1. The summed E-state index contributed by atoms with van der Waals surface area (Å²) in [6, 6.07) is 6.94. The number of benzene rings is 1. The fraction of sp³-hybridized carbons (Fsp3) is 0.438. The van der Waals surface area contributed by atoms with E-state index in [9.17, 15) is 18.7 Å². The number of nitrogens with one attached hydrogen (secondary N) is 1. The van der Waals surface area contributed by atoms with E-state index in [1.54, 1.807) is 29.2 Å². The first kappa shape index (κ1) is 14.8. The molecule has 0 aromatic heterocycles. The molecular weight excluding hydrogens is 290 g/mol. The molecule has 3 rings (SSSR count). The average molecular weight is 306 g/mol. The van der Waals surface area contributed by atoms with Gasteiger partial charge in [-0.25, -0.2) is 8.78 Å². The second kappa shape index (κ2) is 5.25. The summed E-state index contributed by atoms with van der Waals surface area (Å²) in [5, 5.41) is 12.1. The molecule has 2 N–H and O–H groups in total. The van der Waals surface area contributed by atoms with E-state index in [1.807, 2.05) is 0 Å². The second-order valence-electron chi connectivity index (χ2n) is 5.76. The van der Waals surface area contributed by atoms with E-state index < -0.39 is 11.3 Å². The van der Waals surface area contributed by atoms with Gasteiger partial charge in [0.1, 0.15) is 5.41 Å². The van der Waals surface area contributed by atoms with Crippen LogP contribution in [0.2, 0.25) is 0 Å². The minimum Gasteiger partial charge on any atom is -0.394 e. The predicted molar refractivity (Wildman–Crippen MR) is 77.6 cm³/mol. The minimum atomic E-state index is -2.60. The first-order valence-corrected chi connectivity index (χ1v) is 7.09. The van der Waals surface area contributed by atoms with Gasteiger partial charge in [-0.1, -0.05) is 11.8 Å². The van der Waals surface area contributed by atoms with E-state index in [4.69, 9.17) is 0 Å². The molecular formula is C16H16F2N2O2. The molecule has 2 saturated heterocycles. The van der Waals surface area contributed by atoms with Crippen molar-refractivity contribution >= 4 is 11.6 Å². The van der Waals surface area contributed by atoms with Crippen LogP contribution in [0.5, 0.6) is 0 Å². The summed E-state index contributed by atoms with van der Waals surface area (Å²) in [5.41, 5.74) is 0.383. The Balaban J connectivity index is 1.72. The molecule has 2 aliphatic rings. The monoisotopic (exact) mass is 306 g/mol. The van der Waals surface area contributed by atoms with Gasteiger partial charge in [0.2, 0.25) is 5.91 Å². The third-order valence-corrected chi connectivity index (χ3v) is 4.06. The standard InChI is InChI=1S/C16H16F2N2O2/c17-16(18)9-20(10-16)13-3-1-12(2-4-13)5-6-15(11-21)7-8-19-14(15)22/h1-4,21H,7-11H2,(H,19,22)/t15-/m0/s1. The maximum atomic E-state index is 12.8. The van der Waals surface area contributed by atoms with E-state index >= 15 is 0 Å². The highest BCUT2D eigenvalue weighted by Gasteiger charge is 2.44. The maximum Gasteiger partial charge on any atom is 0.282 e. The van der Waals surface area contributed by atoms with Gasteiger partial charge < -0.3 is 15.3 Å². The van der Waals surface area contributed by atoms with Crippen molar-refractivity contribution in [1.82, 2.24) is 5.32 Å². The van der Waals surface area contributed by atoms with Crippen molar-refractivity contribution in [3.63, 3.8) is 0 Å². The molecule has 0 unspecified atom stereocenters. The van der Waals surface area contributed by atoms with Gasteiger partial charge in [-0.2, -0.15) is 0 Å². The number of alkyl halides is 2. The van der Waals surface area contributed by atoms with Crippen LogP contribution in [0.15, 0.2) is 24.3 Å². The van der Waals surface area contributed by atoms with Gasteiger partial charge in [-0.15, -0.1) is 0 Å². The van der Waals surface area contributed by atoms with Crippen molar-refractivity contribution in [3.05, 3.63) is 29.8 Å². The molecule has 0 bridgehead atoms. The van der Waals surface area contributed by atoms with Gasteiger partial charge >= 0.3 is 0 Å². The molecule has 6 heteroatoms. The van der Waals surface area contributed by atoms with Crippen molar-refractivity contribution in [1.29, 1.82) is 0 Å². The van der Waals surface area contributed by atoms with Gasteiger partial charge in [-0.05, 0) is 30.7 Å². The molecule has 2 fully saturated rings. The van der Waals surface area contributed by atoms with Crippen molar-refractivity contribution in [3.8, 4) is 11.8 Å². The number of hydrogen-bond donors (Lipinski definition) is 2. The molecule has 0 spiro atoms. The zero-order chi connectivity index (χ0) is 15.8. The SMILES string of the molecule is O=C1NCC[C@@]1(C#Cc1ccc(N2CC(F)(F)C2)cc1)CO. The Morgan fingerprint density at radius 1 is 1.27 bits per heavy atom. The number of carbonyl (C=O) groups is 1. The number of rotatable bonds is 2. The molecule has 1 aromatic carbocycles. The average Bonchev–Trinajstić information content (AvgIpc) is 2.85. The van der Waals surface area contributed by atoms with Gasteiger partial charge in [0.25, 0.3) is 5.92 Å². The lowest BCUT2D eigenvalue weighted by atomic mass is 9.88. The second-order valence-corrected chi connectivity index (χ2v) is 5.76. The predicted octanol–water partition coefficient (Wildman–Crippen LogP) is 0.992. The first-order chi connectivity index (χ1) is 10.4. The van der Waals surface area contributed by atoms with Gasteiger partial charge in [0.05, 0.1) is 19.7 Å². The smallest absolute Gasteiger partial charge is 0.282 e. The van der Waals surface area contributed by atoms with Crippen LogP contribution in [0.1, 0.15) is 12.0 Å². The quantitative estimate of drug-likeness (QED) is 0.801. The molecule has 0 aliphatic carbocycles. The minimum absolute atomic E-state index is 0.248. The van der Waals surface area contributed by atoms with Crippen LogP contribution in [0.3, 0.4) is 0 Å². The van der Waals surface area contributed by atoms with Crippen LogP contribution in [0, 0.1) is 17.3 Å². The number of nitrogens with zero attached hydrogens (tertiary/aromatic N) is 1. The Morgan fingerprint density at radius 3 is 2.45 bits per heavy atom. The molecule has 22 heavy (non-hydrogen) atoms. The summed E-state index contributed by atoms with van der Waals surface area (Å²) in [7, 11) is 0. The molecule has 0 saturated carbocycles. The number of amides is 1. The summed E-state index contributed by atoms with van der Waals surface area (Å²) in [6.45, 7) is -0.319. The van der Waals surface area contributed by atoms with Gasteiger partial charge in [0.15, 0.2) is 0 Å². The number of hydrogen-bond acceptors (Lipinski definition) is 3. The van der Waals surface area contributed by atoms with Crippen molar-refractivity contribution in [2.75, 3.05) is 31.1 Å². The molecule has 2 heterocycles. The van der Waals surface area contributed by atoms with Crippen LogP contribution in [0.25, 0.3) is 0 Å². The van der Waals surface area contributed by atoms with E-state index in [0.29, 0.717) is 18.5 Å². The Bertz CT molecular complexity index is 640. The van der Waals surface area contributed by atoms with Crippen molar-refractivity contribution in [2.24, 2.45) is 5.41 Å². The molecule has 116 valence electrons. The van der Waals surface area contributed by atoms with Crippen molar-refractivity contribution in [2.45, 2.75) is 12.3 Å². The highest BCUT2D eigenvalue weighted by atomic mass is 19.3. The summed E-state index contributed by atoms with van der Waals surface area (Å²) < 4.78 is 25.7. The molecule has 0 radical (unpaired) electrons. The summed E-state index contributed by atoms with van der Waals surface area (Å²) in [6.07, 6.45) is 0.482. The van der Waals surface area contributed by atoms with Crippen LogP contribution >= 0.6 is 0 Å². The largest absolute Gasteiger partial charge is 0.394 e. The Hall–Kier alpha value is -2.13. The lowest BCUT2D eigenvalue weighted by Crippen LogP contribution is -2.56. The number of anilines is 1. The molecule has 4 nitrogen and oxygen atoms in total. The summed E-state index contributed by atoms with van der Waals surface area (Å²) >= 11 is 0. The number of aliphatic hydroxyl groups is 1. The molecule has 1 aromatic rings. The highest BCUT2D eigenvalue weighted by Crippen LogP contribution is 2.31. The first-order valence-electron chi connectivity index (χ1n) is 7.09. The fourth-order valence-electron chi connectivity index (χ4n) is 2.62. The summed E-state index contributed by atoms with van der Waals surface area (Å²) in [5.74, 6) is 2.90. The Kier molecular flexibility index (Phi) is 3.53. The third-order valence-electron chi connectivity index (χ3n) is 4.06.